The molecular weight excluding hydrogens is 302 g/mol. The first-order valence-electron chi connectivity index (χ1n) is 9.23. The molecule has 1 aromatic carbocycles. The van der Waals surface area contributed by atoms with Crippen LogP contribution in [0.3, 0.4) is 0 Å². The topological polar surface area (TPSA) is 57.6 Å². The van der Waals surface area contributed by atoms with Crippen molar-refractivity contribution in [1.29, 1.82) is 0 Å². The lowest BCUT2D eigenvalue weighted by molar-refractivity contribution is -0.160. The lowest BCUT2D eigenvalue weighted by Crippen LogP contribution is -2.46. The molecule has 0 spiro atoms. The molecule has 1 aromatic rings. The summed E-state index contributed by atoms with van der Waals surface area (Å²) in [5.74, 6) is -0.733. The van der Waals surface area contributed by atoms with Crippen molar-refractivity contribution in [3.63, 3.8) is 0 Å². The molecule has 1 unspecified atom stereocenters. The molecule has 3 aliphatic carbocycles. The van der Waals surface area contributed by atoms with Crippen molar-refractivity contribution in [3.8, 4) is 0 Å². The molecule has 4 nitrogen and oxygen atoms in total. The quantitative estimate of drug-likeness (QED) is 0.897. The van der Waals surface area contributed by atoms with E-state index in [2.05, 4.69) is 29.2 Å². The minimum Gasteiger partial charge on any atom is -0.481 e. The van der Waals surface area contributed by atoms with Crippen LogP contribution in [0, 0.1) is 5.41 Å². The number of benzene rings is 1. The largest absolute Gasteiger partial charge is 0.481 e. The van der Waals surface area contributed by atoms with E-state index in [-0.39, 0.29) is 18.4 Å². The number of carbonyl (C=O) groups excluding carboxylic acids is 1. The molecule has 0 heterocycles. The number of hydrogen-bond donors (Lipinski definition) is 1. The summed E-state index contributed by atoms with van der Waals surface area (Å²) in [6, 6.07) is 8.90. The second kappa shape index (κ2) is 5.91. The van der Waals surface area contributed by atoms with E-state index < -0.39 is 11.4 Å². The van der Waals surface area contributed by atoms with Crippen LogP contribution in [0.25, 0.3) is 0 Å². The van der Waals surface area contributed by atoms with Gasteiger partial charge in [0.1, 0.15) is 0 Å². The van der Waals surface area contributed by atoms with Gasteiger partial charge in [-0.05, 0) is 56.1 Å². The fraction of sp³-hybridized carbons (Fsp3) is 0.600. The molecule has 0 aromatic heterocycles. The smallest absolute Gasteiger partial charge is 0.310 e. The summed E-state index contributed by atoms with van der Waals surface area (Å²) in [5, 5.41) is 9.57. The number of fused-ring (bicyclic) bond motifs is 1. The van der Waals surface area contributed by atoms with Gasteiger partial charge in [-0.1, -0.05) is 30.7 Å². The van der Waals surface area contributed by atoms with Crippen LogP contribution < -0.4 is 0 Å². The summed E-state index contributed by atoms with van der Waals surface area (Å²) in [5.41, 5.74) is 1.84. The second-order valence-corrected chi connectivity index (χ2v) is 7.75. The Hall–Kier alpha value is -1.84. The first kappa shape index (κ1) is 15.7. The van der Waals surface area contributed by atoms with E-state index >= 15 is 0 Å². The van der Waals surface area contributed by atoms with Crippen LogP contribution in [0.15, 0.2) is 24.3 Å². The number of rotatable bonds is 5. The van der Waals surface area contributed by atoms with Crippen LogP contribution in [-0.2, 0) is 16.0 Å². The number of hydrogen-bond acceptors (Lipinski definition) is 2. The maximum absolute atomic E-state index is 13.1. The fourth-order valence-corrected chi connectivity index (χ4v) is 4.45. The Bertz CT molecular complexity index is 661. The summed E-state index contributed by atoms with van der Waals surface area (Å²) in [6.07, 6.45) is 7.70. The molecule has 1 amide bonds. The first-order valence-corrected chi connectivity index (χ1v) is 9.23. The fourth-order valence-electron chi connectivity index (χ4n) is 4.45. The van der Waals surface area contributed by atoms with Crippen molar-refractivity contribution in [2.75, 3.05) is 0 Å². The maximum atomic E-state index is 13.1. The van der Waals surface area contributed by atoms with E-state index in [1.807, 2.05) is 0 Å². The zero-order chi connectivity index (χ0) is 16.7. The summed E-state index contributed by atoms with van der Waals surface area (Å²) in [4.78, 5) is 26.8. The average Bonchev–Trinajstić information content (AvgIpc) is 3.36. The average molecular weight is 327 g/mol. The molecule has 0 saturated heterocycles. The molecule has 0 aliphatic heterocycles. The van der Waals surface area contributed by atoms with Gasteiger partial charge < -0.3 is 10.0 Å². The summed E-state index contributed by atoms with van der Waals surface area (Å²) in [6.45, 7) is 0. The van der Waals surface area contributed by atoms with Gasteiger partial charge >= 0.3 is 5.97 Å². The highest BCUT2D eigenvalue weighted by molar-refractivity contribution is 5.86. The van der Waals surface area contributed by atoms with E-state index in [0.29, 0.717) is 18.9 Å². The van der Waals surface area contributed by atoms with Gasteiger partial charge in [0.15, 0.2) is 0 Å². The summed E-state index contributed by atoms with van der Waals surface area (Å²) < 4.78 is 0. The molecule has 4 heteroatoms. The Morgan fingerprint density at radius 3 is 2.50 bits per heavy atom. The third kappa shape index (κ3) is 2.62. The Balaban J connectivity index is 1.59. The third-order valence-corrected chi connectivity index (χ3v) is 6.16. The van der Waals surface area contributed by atoms with Gasteiger partial charge in [0, 0.05) is 12.5 Å². The van der Waals surface area contributed by atoms with Gasteiger partial charge in [0.05, 0.1) is 11.5 Å². The van der Waals surface area contributed by atoms with Crippen molar-refractivity contribution < 1.29 is 14.7 Å². The zero-order valence-electron chi connectivity index (χ0n) is 14.0. The van der Waals surface area contributed by atoms with Crippen LogP contribution in [0.1, 0.15) is 68.5 Å². The highest BCUT2D eigenvalue weighted by Crippen LogP contribution is 2.47. The number of carboxylic acids is 1. The Morgan fingerprint density at radius 1 is 1.12 bits per heavy atom. The molecule has 4 rings (SSSR count). The summed E-state index contributed by atoms with van der Waals surface area (Å²) >= 11 is 0. The van der Waals surface area contributed by atoms with Gasteiger partial charge in [-0.3, -0.25) is 9.59 Å². The molecule has 1 N–H and O–H groups in total. The molecule has 2 fully saturated rings. The molecule has 1 atom stereocenters. The van der Waals surface area contributed by atoms with Crippen LogP contribution in [0.2, 0.25) is 0 Å². The predicted molar refractivity (Wildman–Crippen MR) is 90.5 cm³/mol. The minimum atomic E-state index is -0.793. The van der Waals surface area contributed by atoms with E-state index in [1.54, 1.807) is 0 Å². The minimum absolute atomic E-state index is 0.0568. The van der Waals surface area contributed by atoms with Gasteiger partial charge in [0.25, 0.3) is 0 Å². The van der Waals surface area contributed by atoms with Gasteiger partial charge in [-0.25, -0.2) is 0 Å². The Morgan fingerprint density at radius 2 is 1.88 bits per heavy atom. The van der Waals surface area contributed by atoms with Crippen molar-refractivity contribution >= 4 is 11.9 Å². The molecular formula is C20H25NO3. The highest BCUT2D eigenvalue weighted by atomic mass is 16.4. The predicted octanol–water partition coefficient (Wildman–Crippen LogP) is 3.70. The second-order valence-electron chi connectivity index (χ2n) is 7.75. The zero-order valence-corrected chi connectivity index (χ0v) is 14.0. The van der Waals surface area contributed by atoms with Crippen LogP contribution in [0.5, 0.6) is 0 Å². The number of nitrogens with zero attached hydrogens (tertiary/aromatic N) is 1. The van der Waals surface area contributed by atoms with Crippen molar-refractivity contribution in [2.24, 2.45) is 5.41 Å². The molecule has 0 bridgehead atoms. The maximum Gasteiger partial charge on any atom is 0.310 e. The Labute approximate surface area is 142 Å². The Kier molecular flexibility index (Phi) is 3.86. The molecule has 0 radical (unpaired) electrons. The van der Waals surface area contributed by atoms with Crippen molar-refractivity contribution in [3.05, 3.63) is 35.4 Å². The van der Waals surface area contributed by atoms with Crippen molar-refractivity contribution in [1.82, 2.24) is 4.90 Å². The van der Waals surface area contributed by atoms with E-state index in [1.165, 1.54) is 11.1 Å². The van der Waals surface area contributed by atoms with E-state index in [9.17, 15) is 14.7 Å². The monoisotopic (exact) mass is 327 g/mol. The lowest BCUT2D eigenvalue weighted by atomic mass is 9.66. The van der Waals surface area contributed by atoms with Gasteiger partial charge in [0.2, 0.25) is 5.91 Å². The molecule has 128 valence electrons. The van der Waals surface area contributed by atoms with Gasteiger partial charge in [-0.2, -0.15) is 0 Å². The van der Waals surface area contributed by atoms with Gasteiger partial charge in [-0.15, -0.1) is 0 Å². The molecule has 24 heavy (non-hydrogen) atoms. The van der Waals surface area contributed by atoms with E-state index in [0.717, 1.165) is 38.5 Å². The van der Waals surface area contributed by atoms with Crippen LogP contribution in [0.4, 0.5) is 0 Å². The number of carbonyl (C=O) groups is 2. The van der Waals surface area contributed by atoms with Crippen LogP contribution >= 0.6 is 0 Å². The highest BCUT2D eigenvalue weighted by Gasteiger charge is 2.49. The van der Waals surface area contributed by atoms with Crippen LogP contribution in [-0.4, -0.2) is 27.9 Å². The number of amides is 1. The normalized spacial score (nSPS) is 24.6. The third-order valence-electron chi connectivity index (χ3n) is 6.16. The number of carboxylic acid groups (broad SMARTS) is 1. The summed E-state index contributed by atoms with van der Waals surface area (Å²) in [7, 11) is 0. The number of aliphatic carboxylic acids is 1. The number of aryl methyl sites for hydroxylation is 1. The first-order chi connectivity index (χ1) is 11.6. The molecule has 2 saturated carbocycles. The van der Waals surface area contributed by atoms with E-state index in [4.69, 9.17) is 0 Å². The van der Waals surface area contributed by atoms with Crippen molar-refractivity contribution in [2.45, 2.75) is 69.9 Å². The molecule has 3 aliphatic rings. The SMILES string of the molecule is O=C(CC1(C(=O)O)CCC1)N(C1CC1)C1CCCc2ccccc21. The lowest BCUT2D eigenvalue weighted by Gasteiger charge is -2.41. The standard InChI is InChI=1S/C20H25NO3/c22-18(13-20(19(23)24)11-4-12-20)21(15-9-10-15)17-8-3-6-14-5-1-2-7-16(14)17/h1-2,5,7,15,17H,3-4,6,8-13H2,(H,23,24).